The highest BCUT2D eigenvalue weighted by Crippen LogP contribution is 1.45. The Morgan fingerprint density at radius 3 is 1.50 bits per heavy atom. The number of nitrogens with zero attached hydrogens (tertiary/aromatic N) is 2. The van der Waals surface area contributed by atoms with Gasteiger partial charge in [-0.2, -0.15) is 0 Å². The molecule has 34 valence electrons. The fourth-order valence-corrected chi connectivity index (χ4v) is 0.0596. The van der Waals surface area contributed by atoms with E-state index in [2.05, 4.69) is 10.3 Å². The van der Waals surface area contributed by atoms with Crippen LogP contribution in [-0.4, -0.2) is 22.8 Å². The largest absolute Gasteiger partial charge is 0.411 e. The van der Waals surface area contributed by atoms with Gasteiger partial charge in [-0.05, 0) is 0 Å². The minimum atomic E-state index is 0.944. The Hall–Kier alpha value is -1.06. The first-order chi connectivity index (χ1) is 2.91. The molecule has 0 heterocycles. The van der Waals surface area contributed by atoms with Crippen LogP contribution in [-0.2, 0) is 0 Å². The monoisotopic (exact) mass is 88.0 g/mol. The minimum Gasteiger partial charge on any atom is -0.411 e. The molecule has 0 atom stereocenters. The summed E-state index contributed by atoms with van der Waals surface area (Å²) in [4.78, 5) is 0. The SMILES string of the molecule is O/N=C\C=N\O. The van der Waals surface area contributed by atoms with Crippen LogP contribution in [0.15, 0.2) is 10.3 Å². The van der Waals surface area contributed by atoms with E-state index < -0.39 is 0 Å². The highest BCUT2D eigenvalue weighted by atomic mass is 16.4. The van der Waals surface area contributed by atoms with Crippen LogP contribution in [0.2, 0.25) is 0 Å². The summed E-state index contributed by atoms with van der Waals surface area (Å²) in [6.07, 6.45) is 1.89. The van der Waals surface area contributed by atoms with Crippen molar-refractivity contribution in [2.24, 2.45) is 10.3 Å². The molecule has 0 aromatic heterocycles. The third kappa shape index (κ3) is 2.94. The third-order valence-corrected chi connectivity index (χ3v) is 0.200. The van der Waals surface area contributed by atoms with Gasteiger partial charge in [-0.3, -0.25) is 0 Å². The minimum absolute atomic E-state index is 0.944. The van der Waals surface area contributed by atoms with E-state index in [0.717, 1.165) is 12.4 Å². The van der Waals surface area contributed by atoms with Crippen LogP contribution in [0.4, 0.5) is 0 Å². The predicted octanol–water partition coefficient (Wildman–Crippen LogP) is -0.0936. The summed E-state index contributed by atoms with van der Waals surface area (Å²) in [5.74, 6) is 0. The van der Waals surface area contributed by atoms with E-state index in [0.29, 0.717) is 0 Å². The molecule has 0 saturated heterocycles. The maximum atomic E-state index is 7.56. The lowest BCUT2D eigenvalue weighted by Crippen LogP contribution is -1.70. The van der Waals surface area contributed by atoms with Gasteiger partial charge in [0.05, 0.1) is 12.4 Å². The smallest absolute Gasteiger partial charge is 0.0877 e. The molecule has 0 radical (unpaired) electrons. The van der Waals surface area contributed by atoms with Gasteiger partial charge in [0.15, 0.2) is 0 Å². The van der Waals surface area contributed by atoms with Crippen molar-refractivity contribution in [2.75, 3.05) is 0 Å². The Morgan fingerprint density at radius 1 is 1.00 bits per heavy atom. The highest BCUT2D eigenvalue weighted by molar-refractivity contribution is 6.15. The number of hydrogen-bond donors (Lipinski definition) is 2. The summed E-state index contributed by atoms with van der Waals surface area (Å²) in [5.41, 5.74) is 0. The van der Waals surface area contributed by atoms with Gasteiger partial charge in [0, 0.05) is 0 Å². The standard InChI is InChI=1S/C2H4N2O2/c5-3-1-2-4-6/h1-2,5-6H/b3-1-,4-2+. The van der Waals surface area contributed by atoms with Crippen LogP contribution in [0.3, 0.4) is 0 Å². The molecular formula is C2H4N2O2. The second kappa shape index (κ2) is 3.94. The Kier molecular flexibility index (Phi) is 3.24. The first-order valence-corrected chi connectivity index (χ1v) is 1.25. The molecule has 4 nitrogen and oxygen atoms in total. The Labute approximate surface area is 34.4 Å². The lowest BCUT2D eigenvalue weighted by molar-refractivity contribution is 0.317. The molecule has 0 rings (SSSR count). The number of rotatable bonds is 1. The van der Waals surface area contributed by atoms with Gasteiger partial charge in [0.25, 0.3) is 0 Å². The second-order valence-corrected chi connectivity index (χ2v) is 0.529. The summed E-state index contributed by atoms with van der Waals surface area (Å²) in [6.45, 7) is 0. The molecule has 0 aliphatic heterocycles. The van der Waals surface area contributed by atoms with Gasteiger partial charge < -0.3 is 10.4 Å². The summed E-state index contributed by atoms with van der Waals surface area (Å²) in [5, 5.41) is 20.1. The van der Waals surface area contributed by atoms with Crippen LogP contribution < -0.4 is 0 Å². The summed E-state index contributed by atoms with van der Waals surface area (Å²) in [6, 6.07) is 0. The van der Waals surface area contributed by atoms with E-state index in [9.17, 15) is 0 Å². The molecule has 0 fully saturated rings. The normalized spacial score (nSPS) is 11.3. The maximum absolute atomic E-state index is 7.56. The van der Waals surface area contributed by atoms with Gasteiger partial charge >= 0.3 is 0 Å². The van der Waals surface area contributed by atoms with Crippen molar-refractivity contribution in [3.05, 3.63) is 0 Å². The Morgan fingerprint density at radius 2 is 1.33 bits per heavy atom. The van der Waals surface area contributed by atoms with Gasteiger partial charge in [-0.1, -0.05) is 10.3 Å². The van der Waals surface area contributed by atoms with E-state index in [1.165, 1.54) is 0 Å². The quantitative estimate of drug-likeness (QED) is 0.267. The molecule has 0 aliphatic carbocycles. The molecule has 0 amide bonds. The van der Waals surface area contributed by atoms with Crippen LogP contribution in [0.5, 0.6) is 0 Å². The van der Waals surface area contributed by atoms with Crippen molar-refractivity contribution in [3.63, 3.8) is 0 Å². The van der Waals surface area contributed by atoms with Crippen molar-refractivity contribution in [1.82, 2.24) is 0 Å². The molecule has 0 aromatic carbocycles. The summed E-state index contributed by atoms with van der Waals surface area (Å²) >= 11 is 0. The topological polar surface area (TPSA) is 65.2 Å². The average Bonchev–Trinajstić information content (AvgIpc) is 1.61. The van der Waals surface area contributed by atoms with Crippen molar-refractivity contribution < 1.29 is 10.4 Å². The molecule has 4 heteroatoms. The summed E-state index contributed by atoms with van der Waals surface area (Å²) in [7, 11) is 0. The van der Waals surface area contributed by atoms with E-state index in [1.54, 1.807) is 0 Å². The predicted molar refractivity (Wildman–Crippen MR) is 20.6 cm³/mol. The molecule has 2 N–H and O–H groups in total. The molecule has 0 unspecified atom stereocenters. The van der Waals surface area contributed by atoms with E-state index in [4.69, 9.17) is 10.4 Å². The van der Waals surface area contributed by atoms with Gasteiger partial charge in [0.1, 0.15) is 0 Å². The fraction of sp³-hybridized carbons (Fsp3) is 0. The number of oxime groups is 2. The third-order valence-electron chi connectivity index (χ3n) is 0.200. The van der Waals surface area contributed by atoms with Gasteiger partial charge in [-0.15, -0.1) is 0 Å². The maximum Gasteiger partial charge on any atom is 0.0877 e. The first kappa shape index (κ1) is 4.94. The highest BCUT2D eigenvalue weighted by Gasteiger charge is 1.54. The van der Waals surface area contributed by atoms with Gasteiger partial charge in [-0.25, -0.2) is 0 Å². The van der Waals surface area contributed by atoms with E-state index in [-0.39, 0.29) is 0 Å². The molecule has 0 aromatic rings. The van der Waals surface area contributed by atoms with Crippen molar-refractivity contribution >= 4 is 12.4 Å². The van der Waals surface area contributed by atoms with E-state index in [1.807, 2.05) is 0 Å². The van der Waals surface area contributed by atoms with E-state index >= 15 is 0 Å². The van der Waals surface area contributed by atoms with Crippen LogP contribution in [0, 0.1) is 0 Å². The fourth-order valence-electron chi connectivity index (χ4n) is 0.0596. The second-order valence-electron chi connectivity index (χ2n) is 0.529. The van der Waals surface area contributed by atoms with Gasteiger partial charge in [0.2, 0.25) is 0 Å². The lowest BCUT2D eigenvalue weighted by Gasteiger charge is -1.62. The van der Waals surface area contributed by atoms with Crippen molar-refractivity contribution in [3.8, 4) is 0 Å². The van der Waals surface area contributed by atoms with Crippen molar-refractivity contribution in [2.45, 2.75) is 0 Å². The molecule has 0 spiro atoms. The average molecular weight is 88.1 g/mol. The molecule has 0 saturated carbocycles. The molecular weight excluding hydrogens is 84.0 g/mol. The molecule has 0 aliphatic rings. The zero-order chi connectivity index (χ0) is 4.83. The zero-order valence-corrected chi connectivity index (χ0v) is 2.94. The first-order valence-electron chi connectivity index (χ1n) is 1.25. The van der Waals surface area contributed by atoms with Crippen LogP contribution in [0.1, 0.15) is 0 Å². The van der Waals surface area contributed by atoms with Crippen LogP contribution >= 0.6 is 0 Å². The Balaban J connectivity index is 3.07. The van der Waals surface area contributed by atoms with Crippen LogP contribution in [0.25, 0.3) is 0 Å². The molecule has 6 heavy (non-hydrogen) atoms. The Bertz CT molecular complexity index is 57.9. The zero-order valence-electron chi connectivity index (χ0n) is 2.94. The molecule has 0 bridgehead atoms. The summed E-state index contributed by atoms with van der Waals surface area (Å²) < 4.78 is 0. The number of hydrogen-bond acceptors (Lipinski definition) is 4. The lowest BCUT2D eigenvalue weighted by atomic mass is 10.8. The van der Waals surface area contributed by atoms with Crippen molar-refractivity contribution in [1.29, 1.82) is 0 Å².